The number of nitrogens with zero attached hydrogens (tertiary/aromatic N) is 1. The summed E-state index contributed by atoms with van der Waals surface area (Å²) in [5.41, 5.74) is 2.07. The number of fused-ring (bicyclic) bond motifs is 1. The highest BCUT2D eigenvalue weighted by atomic mass is 16.5. The molecule has 166 valence electrons. The summed E-state index contributed by atoms with van der Waals surface area (Å²) in [4.78, 5) is 14.5. The molecule has 3 fully saturated rings. The lowest BCUT2D eigenvalue weighted by Gasteiger charge is -2.23. The number of carbonyl (C=O) groups excluding carboxylic acids is 1. The van der Waals surface area contributed by atoms with Gasteiger partial charge in [-0.1, -0.05) is 24.3 Å². The number of carbonyl (C=O) groups is 1. The summed E-state index contributed by atoms with van der Waals surface area (Å²) in [5.74, 6) is 0.622. The lowest BCUT2D eigenvalue weighted by Crippen LogP contribution is -2.38. The first kappa shape index (κ1) is 20.9. The van der Waals surface area contributed by atoms with Gasteiger partial charge in [0, 0.05) is 36.5 Å². The fourth-order valence-corrected chi connectivity index (χ4v) is 5.60. The number of rotatable bonds is 7. The monoisotopic (exact) mass is 424 g/mol. The Hall–Kier alpha value is -1.99. The van der Waals surface area contributed by atoms with E-state index in [0.717, 1.165) is 75.6 Å². The molecule has 2 aromatic carbocycles. The second-order valence-electron chi connectivity index (χ2n) is 9.48. The van der Waals surface area contributed by atoms with Crippen LogP contribution >= 0.6 is 0 Å². The van der Waals surface area contributed by atoms with Crippen molar-refractivity contribution in [1.82, 2.24) is 10.2 Å². The van der Waals surface area contributed by atoms with E-state index in [1.165, 1.54) is 12.0 Å². The van der Waals surface area contributed by atoms with Gasteiger partial charge < -0.3 is 14.6 Å². The number of hydrogen-bond acceptors (Lipinski definition) is 6. The molecule has 31 heavy (non-hydrogen) atoms. The molecule has 2 N–H and O–H groups in total. The van der Waals surface area contributed by atoms with E-state index in [2.05, 4.69) is 16.3 Å². The predicted octanol–water partition coefficient (Wildman–Crippen LogP) is 3.10. The third-order valence-electron chi connectivity index (χ3n) is 7.37. The van der Waals surface area contributed by atoms with Gasteiger partial charge in [0.15, 0.2) is 6.29 Å². The second kappa shape index (κ2) is 8.87. The molecular weight excluding hydrogens is 392 g/mol. The van der Waals surface area contributed by atoms with Gasteiger partial charge in [0.05, 0.1) is 18.3 Å². The molecule has 6 heteroatoms. The Kier molecular flexibility index (Phi) is 5.97. The van der Waals surface area contributed by atoms with E-state index in [4.69, 9.17) is 9.47 Å². The maximum absolute atomic E-state index is 12.0. The number of aldehydes is 1. The average molecular weight is 425 g/mol. The second-order valence-corrected chi connectivity index (χ2v) is 9.48. The number of hydrogen-bond donors (Lipinski definition) is 2. The summed E-state index contributed by atoms with van der Waals surface area (Å²) >= 11 is 0. The van der Waals surface area contributed by atoms with Crippen LogP contribution in [0.1, 0.15) is 48.0 Å². The highest BCUT2D eigenvalue weighted by Gasteiger charge is 2.41. The molecule has 3 atom stereocenters. The fourth-order valence-electron chi connectivity index (χ4n) is 5.60. The molecule has 0 aromatic heterocycles. The van der Waals surface area contributed by atoms with Crippen LogP contribution < -0.4 is 10.1 Å². The largest absolute Gasteiger partial charge is 0.477 e. The van der Waals surface area contributed by atoms with Crippen LogP contribution in [0.25, 0.3) is 10.8 Å². The standard InChI is InChI=1S/C25H32N2O4/c28-14-19-12-18(13-27-10-8-25(15-27)9-11-30-16-25)20-4-1-2-5-21(20)24(19)31-17-26-22-6-3-7-23(22)29/h1-2,4-5,12,14,22-23,26,29H,3,6-11,13,15-17H2/t22?,23-,25?/m0/s1. The Labute approximate surface area is 183 Å². The maximum Gasteiger partial charge on any atom is 0.153 e. The van der Waals surface area contributed by atoms with Gasteiger partial charge >= 0.3 is 0 Å². The predicted molar refractivity (Wildman–Crippen MR) is 119 cm³/mol. The molecule has 2 aliphatic heterocycles. The van der Waals surface area contributed by atoms with Crippen molar-refractivity contribution < 1.29 is 19.4 Å². The molecule has 1 spiro atoms. The van der Waals surface area contributed by atoms with Crippen molar-refractivity contribution in [3.05, 3.63) is 41.5 Å². The average Bonchev–Trinajstić information content (AvgIpc) is 3.52. The Morgan fingerprint density at radius 3 is 2.87 bits per heavy atom. The van der Waals surface area contributed by atoms with Crippen LogP contribution in [0.15, 0.2) is 30.3 Å². The Morgan fingerprint density at radius 1 is 1.26 bits per heavy atom. The number of aliphatic hydroxyl groups excluding tert-OH is 1. The van der Waals surface area contributed by atoms with Crippen molar-refractivity contribution in [2.24, 2.45) is 5.41 Å². The van der Waals surface area contributed by atoms with E-state index in [0.29, 0.717) is 16.7 Å². The number of aliphatic hydroxyl groups is 1. The van der Waals surface area contributed by atoms with Crippen LogP contribution in [0.3, 0.4) is 0 Å². The van der Waals surface area contributed by atoms with Crippen LogP contribution in [0.5, 0.6) is 5.75 Å². The molecular formula is C25H32N2O4. The summed E-state index contributed by atoms with van der Waals surface area (Å²) in [7, 11) is 0. The normalized spacial score (nSPS) is 28.7. The maximum atomic E-state index is 12.0. The summed E-state index contributed by atoms with van der Waals surface area (Å²) in [6.45, 7) is 4.99. The minimum absolute atomic E-state index is 0.0623. The van der Waals surface area contributed by atoms with E-state index in [-0.39, 0.29) is 18.9 Å². The van der Waals surface area contributed by atoms with E-state index in [9.17, 15) is 9.90 Å². The smallest absolute Gasteiger partial charge is 0.153 e. The first-order valence-electron chi connectivity index (χ1n) is 11.5. The summed E-state index contributed by atoms with van der Waals surface area (Å²) in [6, 6.07) is 10.2. The summed E-state index contributed by atoms with van der Waals surface area (Å²) in [5, 5.41) is 15.4. The number of ether oxygens (including phenoxy) is 2. The van der Waals surface area contributed by atoms with Crippen LogP contribution in [-0.2, 0) is 11.3 Å². The van der Waals surface area contributed by atoms with Crippen LogP contribution in [-0.4, -0.2) is 61.5 Å². The molecule has 2 unspecified atom stereocenters. The molecule has 0 bridgehead atoms. The fraction of sp³-hybridized carbons (Fsp3) is 0.560. The highest BCUT2D eigenvalue weighted by molar-refractivity contribution is 5.98. The van der Waals surface area contributed by atoms with Crippen molar-refractivity contribution in [1.29, 1.82) is 0 Å². The molecule has 1 aliphatic carbocycles. The van der Waals surface area contributed by atoms with E-state index in [1.54, 1.807) is 0 Å². The van der Waals surface area contributed by atoms with Gasteiger partial charge in [0.1, 0.15) is 12.5 Å². The third kappa shape index (κ3) is 4.22. The number of likely N-dealkylation sites (tertiary alicyclic amines) is 1. The molecule has 3 aliphatic rings. The molecule has 1 saturated carbocycles. The molecule has 6 nitrogen and oxygen atoms in total. The van der Waals surface area contributed by atoms with Gasteiger partial charge in [-0.25, -0.2) is 0 Å². The molecule has 0 amide bonds. The van der Waals surface area contributed by atoms with E-state index in [1.807, 2.05) is 24.3 Å². The van der Waals surface area contributed by atoms with Crippen molar-refractivity contribution >= 4 is 17.1 Å². The van der Waals surface area contributed by atoms with Gasteiger partial charge in [-0.15, -0.1) is 0 Å². The zero-order valence-corrected chi connectivity index (χ0v) is 18.0. The third-order valence-corrected chi connectivity index (χ3v) is 7.37. The Bertz CT molecular complexity index is 941. The highest BCUT2D eigenvalue weighted by Crippen LogP contribution is 2.40. The van der Waals surface area contributed by atoms with Gasteiger partial charge in [-0.3, -0.25) is 15.0 Å². The van der Waals surface area contributed by atoms with Gasteiger partial charge in [0.2, 0.25) is 0 Å². The van der Waals surface area contributed by atoms with Crippen molar-refractivity contribution in [2.75, 3.05) is 33.0 Å². The minimum Gasteiger partial charge on any atom is -0.477 e. The zero-order valence-electron chi connectivity index (χ0n) is 18.0. The number of benzene rings is 2. The number of nitrogens with one attached hydrogen (secondary N) is 1. The van der Waals surface area contributed by atoms with Crippen LogP contribution in [0.4, 0.5) is 0 Å². The summed E-state index contributed by atoms with van der Waals surface area (Å²) in [6.07, 6.45) is 5.73. The Morgan fingerprint density at radius 2 is 2.13 bits per heavy atom. The SMILES string of the molecule is O=Cc1cc(CN2CCC3(CCOC3)C2)c2ccccc2c1OCNC1CCC[C@@H]1O. The zero-order chi connectivity index (χ0) is 21.3. The summed E-state index contributed by atoms with van der Waals surface area (Å²) < 4.78 is 11.7. The van der Waals surface area contributed by atoms with Crippen LogP contribution in [0.2, 0.25) is 0 Å². The van der Waals surface area contributed by atoms with Crippen molar-refractivity contribution in [2.45, 2.75) is 50.8 Å². The van der Waals surface area contributed by atoms with Gasteiger partial charge in [-0.2, -0.15) is 0 Å². The quantitative estimate of drug-likeness (QED) is 0.526. The molecule has 2 saturated heterocycles. The van der Waals surface area contributed by atoms with Crippen LogP contribution in [0, 0.1) is 5.41 Å². The molecule has 2 heterocycles. The molecule has 0 radical (unpaired) electrons. The molecule has 2 aromatic rings. The minimum atomic E-state index is -0.317. The Balaban J connectivity index is 1.36. The van der Waals surface area contributed by atoms with Crippen molar-refractivity contribution in [3.8, 4) is 5.75 Å². The van der Waals surface area contributed by atoms with E-state index < -0.39 is 0 Å². The van der Waals surface area contributed by atoms with Crippen molar-refractivity contribution in [3.63, 3.8) is 0 Å². The topological polar surface area (TPSA) is 71.0 Å². The first-order chi connectivity index (χ1) is 15.2. The van der Waals surface area contributed by atoms with Gasteiger partial charge in [0.25, 0.3) is 0 Å². The lowest BCUT2D eigenvalue weighted by atomic mass is 9.87. The lowest BCUT2D eigenvalue weighted by molar-refractivity contribution is 0.111. The molecule has 5 rings (SSSR count). The van der Waals surface area contributed by atoms with Gasteiger partial charge in [-0.05, 0) is 55.7 Å². The van der Waals surface area contributed by atoms with E-state index >= 15 is 0 Å². The first-order valence-corrected chi connectivity index (χ1v) is 11.5.